The molecule has 2 aromatic heterocycles. The third-order valence-corrected chi connectivity index (χ3v) is 4.43. The Labute approximate surface area is 155 Å². The molecule has 4 nitrogen and oxygen atoms in total. The number of anilines is 1. The van der Waals surface area contributed by atoms with E-state index in [1.807, 2.05) is 36.7 Å². The third kappa shape index (κ3) is 5.14. The van der Waals surface area contributed by atoms with Crippen molar-refractivity contribution in [3.05, 3.63) is 89.5 Å². The molecule has 3 aromatic rings. The number of nitrogens with one attached hydrogen (secondary N) is 1. The number of hydrogen-bond acceptors (Lipinski definition) is 4. The summed E-state index contributed by atoms with van der Waals surface area (Å²) in [6.07, 6.45) is 3.70. The van der Waals surface area contributed by atoms with Gasteiger partial charge in [-0.1, -0.05) is 30.3 Å². The minimum Gasteiger partial charge on any atom is -0.383 e. The maximum atomic E-state index is 4.47. The standard InChI is InChI=1S/C22H26N4/c1-18-8-7-9-19(2)22(18)25-14-15-26(16-20-10-3-5-12-23-20)17-21-11-4-6-13-24-21/h3-13,25H,14-17H2,1-2H3. The Hall–Kier alpha value is -2.72. The highest BCUT2D eigenvalue weighted by atomic mass is 15.1. The Kier molecular flexibility index (Phi) is 6.34. The average molecular weight is 346 g/mol. The van der Waals surface area contributed by atoms with Crippen LogP contribution in [0.4, 0.5) is 5.69 Å². The van der Waals surface area contributed by atoms with Gasteiger partial charge >= 0.3 is 0 Å². The SMILES string of the molecule is Cc1cccc(C)c1NCCN(Cc1ccccn1)Cc1ccccn1. The maximum Gasteiger partial charge on any atom is 0.0544 e. The van der Waals surface area contributed by atoms with Gasteiger partial charge in [-0.05, 0) is 49.2 Å². The van der Waals surface area contributed by atoms with Gasteiger partial charge in [0.1, 0.15) is 0 Å². The number of aryl methyl sites for hydroxylation is 2. The molecule has 134 valence electrons. The molecular weight excluding hydrogens is 320 g/mol. The quantitative estimate of drug-likeness (QED) is 0.663. The highest BCUT2D eigenvalue weighted by Gasteiger charge is 2.09. The highest BCUT2D eigenvalue weighted by Crippen LogP contribution is 2.19. The number of nitrogens with zero attached hydrogens (tertiary/aromatic N) is 3. The molecule has 0 fully saturated rings. The van der Waals surface area contributed by atoms with Crippen LogP contribution in [0.2, 0.25) is 0 Å². The van der Waals surface area contributed by atoms with Crippen LogP contribution in [0.5, 0.6) is 0 Å². The van der Waals surface area contributed by atoms with Gasteiger partial charge in [-0.3, -0.25) is 14.9 Å². The van der Waals surface area contributed by atoms with E-state index in [9.17, 15) is 0 Å². The van der Waals surface area contributed by atoms with Gasteiger partial charge in [0.25, 0.3) is 0 Å². The lowest BCUT2D eigenvalue weighted by molar-refractivity contribution is 0.261. The van der Waals surface area contributed by atoms with Gasteiger partial charge in [-0.2, -0.15) is 0 Å². The molecule has 2 heterocycles. The average Bonchev–Trinajstić information content (AvgIpc) is 2.66. The Morgan fingerprint density at radius 1 is 0.769 bits per heavy atom. The molecule has 3 rings (SSSR count). The fraction of sp³-hybridized carbons (Fsp3) is 0.273. The molecule has 0 aliphatic carbocycles. The molecule has 0 unspecified atom stereocenters. The monoisotopic (exact) mass is 346 g/mol. The van der Waals surface area contributed by atoms with Crippen molar-refractivity contribution in [2.75, 3.05) is 18.4 Å². The zero-order valence-corrected chi connectivity index (χ0v) is 15.5. The Morgan fingerprint density at radius 3 is 1.85 bits per heavy atom. The van der Waals surface area contributed by atoms with Crippen LogP contribution in [0.25, 0.3) is 0 Å². The Balaban J connectivity index is 1.65. The molecule has 0 spiro atoms. The third-order valence-electron chi connectivity index (χ3n) is 4.43. The van der Waals surface area contributed by atoms with E-state index in [0.29, 0.717) is 0 Å². The number of benzene rings is 1. The van der Waals surface area contributed by atoms with Gasteiger partial charge < -0.3 is 5.32 Å². The number of pyridine rings is 2. The Morgan fingerprint density at radius 2 is 1.35 bits per heavy atom. The van der Waals surface area contributed by atoms with Gasteiger partial charge in [0, 0.05) is 44.3 Å². The second-order valence-corrected chi connectivity index (χ2v) is 6.55. The van der Waals surface area contributed by atoms with Crippen LogP contribution in [-0.4, -0.2) is 28.0 Å². The van der Waals surface area contributed by atoms with E-state index in [2.05, 4.69) is 64.4 Å². The maximum absolute atomic E-state index is 4.47. The molecule has 0 aliphatic heterocycles. The minimum absolute atomic E-state index is 0.811. The predicted molar refractivity (Wildman–Crippen MR) is 107 cm³/mol. The van der Waals surface area contributed by atoms with Gasteiger partial charge in [0.05, 0.1) is 11.4 Å². The van der Waals surface area contributed by atoms with Crippen molar-refractivity contribution in [2.45, 2.75) is 26.9 Å². The summed E-state index contributed by atoms with van der Waals surface area (Å²) in [6, 6.07) is 18.5. The topological polar surface area (TPSA) is 41.0 Å². The molecule has 26 heavy (non-hydrogen) atoms. The fourth-order valence-electron chi connectivity index (χ4n) is 3.09. The molecule has 0 saturated heterocycles. The van der Waals surface area contributed by atoms with Crippen molar-refractivity contribution >= 4 is 5.69 Å². The zero-order chi connectivity index (χ0) is 18.2. The largest absolute Gasteiger partial charge is 0.383 e. The molecule has 0 saturated carbocycles. The van der Waals surface area contributed by atoms with Crippen LogP contribution in [0.3, 0.4) is 0 Å². The normalized spacial score (nSPS) is 10.9. The van der Waals surface area contributed by atoms with Crippen LogP contribution >= 0.6 is 0 Å². The lowest BCUT2D eigenvalue weighted by Gasteiger charge is -2.23. The molecule has 0 amide bonds. The first-order chi connectivity index (χ1) is 12.7. The van der Waals surface area contributed by atoms with Crippen LogP contribution in [0.1, 0.15) is 22.5 Å². The van der Waals surface area contributed by atoms with Gasteiger partial charge in [-0.25, -0.2) is 0 Å². The summed E-state index contributed by atoms with van der Waals surface area (Å²) in [4.78, 5) is 11.3. The van der Waals surface area contributed by atoms with Crippen molar-refractivity contribution in [3.8, 4) is 0 Å². The summed E-state index contributed by atoms with van der Waals surface area (Å²) >= 11 is 0. The second kappa shape index (κ2) is 9.11. The van der Waals surface area contributed by atoms with E-state index < -0.39 is 0 Å². The van der Waals surface area contributed by atoms with E-state index in [0.717, 1.165) is 37.6 Å². The van der Waals surface area contributed by atoms with Crippen molar-refractivity contribution in [2.24, 2.45) is 0 Å². The van der Waals surface area contributed by atoms with E-state index in [4.69, 9.17) is 0 Å². The molecule has 1 aromatic carbocycles. The summed E-state index contributed by atoms with van der Waals surface area (Å²) in [5.74, 6) is 0. The van der Waals surface area contributed by atoms with E-state index >= 15 is 0 Å². The lowest BCUT2D eigenvalue weighted by atomic mass is 10.1. The number of aromatic nitrogens is 2. The Bertz CT molecular complexity index is 741. The summed E-state index contributed by atoms with van der Waals surface area (Å²) in [7, 11) is 0. The second-order valence-electron chi connectivity index (χ2n) is 6.55. The number of para-hydroxylation sites is 1. The molecular formula is C22H26N4. The number of rotatable bonds is 8. The van der Waals surface area contributed by atoms with Crippen LogP contribution in [-0.2, 0) is 13.1 Å². The van der Waals surface area contributed by atoms with Gasteiger partial charge in [0.2, 0.25) is 0 Å². The van der Waals surface area contributed by atoms with E-state index in [1.165, 1.54) is 16.8 Å². The summed E-state index contributed by atoms with van der Waals surface area (Å²) in [6.45, 7) is 7.72. The van der Waals surface area contributed by atoms with Gasteiger partial charge in [0.15, 0.2) is 0 Å². The van der Waals surface area contributed by atoms with Crippen LogP contribution in [0.15, 0.2) is 67.0 Å². The van der Waals surface area contributed by atoms with Crippen molar-refractivity contribution < 1.29 is 0 Å². The first kappa shape index (κ1) is 18.1. The lowest BCUT2D eigenvalue weighted by Crippen LogP contribution is -2.29. The smallest absolute Gasteiger partial charge is 0.0544 e. The minimum atomic E-state index is 0.811. The van der Waals surface area contributed by atoms with E-state index in [1.54, 1.807) is 0 Å². The first-order valence-electron chi connectivity index (χ1n) is 9.04. The predicted octanol–water partition coefficient (Wildman–Crippen LogP) is 4.21. The van der Waals surface area contributed by atoms with E-state index in [-0.39, 0.29) is 0 Å². The van der Waals surface area contributed by atoms with Crippen molar-refractivity contribution in [1.29, 1.82) is 0 Å². The van der Waals surface area contributed by atoms with Crippen molar-refractivity contribution in [1.82, 2.24) is 14.9 Å². The summed E-state index contributed by atoms with van der Waals surface area (Å²) < 4.78 is 0. The zero-order valence-electron chi connectivity index (χ0n) is 15.5. The van der Waals surface area contributed by atoms with Crippen LogP contribution in [0, 0.1) is 13.8 Å². The molecule has 0 atom stereocenters. The van der Waals surface area contributed by atoms with Crippen molar-refractivity contribution in [3.63, 3.8) is 0 Å². The number of hydrogen-bond donors (Lipinski definition) is 1. The van der Waals surface area contributed by atoms with Crippen LogP contribution < -0.4 is 5.32 Å². The molecule has 0 bridgehead atoms. The molecule has 4 heteroatoms. The highest BCUT2D eigenvalue weighted by molar-refractivity contribution is 5.56. The first-order valence-corrected chi connectivity index (χ1v) is 9.04. The fourth-order valence-corrected chi connectivity index (χ4v) is 3.09. The molecule has 0 radical (unpaired) electrons. The molecule has 0 aliphatic rings. The molecule has 1 N–H and O–H groups in total. The summed E-state index contributed by atoms with van der Waals surface area (Å²) in [5.41, 5.74) is 5.96. The van der Waals surface area contributed by atoms with Gasteiger partial charge in [-0.15, -0.1) is 0 Å². The summed E-state index contributed by atoms with van der Waals surface area (Å²) in [5, 5.41) is 3.60.